The van der Waals surface area contributed by atoms with Crippen LogP contribution in [0.15, 0.2) is 42.0 Å². The molecule has 2 N–H and O–H groups in total. The molecule has 17 atom stereocenters. The van der Waals surface area contributed by atoms with Crippen molar-refractivity contribution in [2.45, 2.75) is 118 Å². The van der Waals surface area contributed by atoms with E-state index in [-0.39, 0.29) is 58.0 Å². The summed E-state index contributed by atoms with van der Waals surface area (Å²) in [6.07, 6.45) is -5.12. The van der Waals surface area contributed by atoms with E-state index in [1.54, 1.807) is 33.8 Å². The predicted octanol–water partition coefficient (Wildman–Crippen LogP) is 0.683. The fourth-order valence-corrected chi connectivity index (χ4v) is 15.9. The normalized spacial score (nSPS) is 49.8. The number of carbonyl (C=O) groups excluding carboxylic acids is 4. The van der Waals surface area contributed by atoms with E-state index in [2.05, 4.69) is 0 Å². The van der Waals surface area contributed by atoms with Gasteiger partial charge in [-0.05, 0) is 13.8 Å². The number of methoxy groups -OCH3 is 3. The third kappa shape index (κ3) is 4.83. The van der Waals surface area contributed by atoms with Crippen LogP contribution in [0.25, 0.3) is 0 Å². The van der Waals surface area contributed by atoms with Crippen LogP contribution in [0.5, 0.6) is 0 Å². The maximum atomic E-state index is 14.5. The van der Waals surface area contributed by atoms with Crippen molar-refractivity contribution in [2.24, 2.45) is 34.0 Å². The summed E-state index contributed by atoms with van der Waals surface area (Å²) < 4.78 is 64.6. The van der Waals surface area contributed by atoms with Crippen molar-refractivity contribution in [1.82, 2.24) is 0 Å². The Morgan fingerprint density at radius 1 is 0.915 bits per heavy atom. The Bertz CT molecular complexity index is 1980. The first-order chi connectivity index (χ1) is 27.9. The summed E-state index contributed by atoms with van der Waals surface area (Å²) in [6, 6.07) is 9.88. The SMILES string of the molecule is C/C=C(\C)C(=O)O[C@H]1C[C@@H](OC(C)=O)[C@@]2(C(=O)OC)CO[C@H]3[C@H]4O[C@@]5(C)[C@H]6C[C@H](O[C@@H]7OC([Se]c8ccccc8)C[C@@]76O)[C@]5(O)[C@@]4(C)[C@@H]4[C@@](OC)(C(=O)OC)OC[C@@]14[C@@H]32. The number of allylic oxidation sites excluding steroid dienone is 1. The van der Waals surface area contributed by atoms with E-state index in [4.69, 9.17) is 47.4 Å². The average molecular weight is 892 g/mol. The summed E-state index contributed by atoms with van der Waals surface area (Å²) >= 11 is -0.183. The van der Waals surface area contributed by atoms with Crippen molar-refractivity contribution in [3.8, 4) is 0 Å². The molecule has 17 heteroatoms. The quantitative estimate of drug-likeness (QED) is 0.160. The second-order valence-corrected chi connectivity index (χ2v) is 20.4. The molecule has 9 rings (SSSR count). The van der Waals surface area contributed by atoms with Gasteiger partial charge in [0, 0.05) is 12.5 Å². The zero-order chi connectivity index (χ0) is 42.3. The van der Waals surface area contributed by atoms with E-state index >= 15 is 0 Å². The Balaban J connectivity index is 1.26. The molecule has 3 saturated carbocycles. The Morgan fingerprint density at radius 3 is 2.27 bits per heavy atom. The summed E-state index contributed by atoms with van der Waals surface area (Å²) in [5, 5.41) is 26.5. The first-order valence-electron chi connectivity index (χ1n) is 20.1. The average Bonchev–Trinajstić information content (AvgIpc) is 3.97. The molecule has 1 spiro atoms. The number of rotatable bonds is 8. The van der Waals surface area contributed by atoms with E-state index < -0.39 is 117 Å². The van der Waals surface area contributed by atoms with Crippen LogP contribution < -0.4 is 4.46 Å². The molecular formula is C42H52O16Se. The molecule has 1 unspecified atom stereocenters. The van der Waals surface area contributed by atoms with Gasteiger partial charge in [-0.2, -0.15) is 0 Å². The summed E-state index contributed by atoms with van der Waals surface area (Å²) in [4.78, 5) is 55.8. The molecule has 8 fully saturated rings. The fraction of sp³-hybridized carbons (Fsp3) is 0.714. The molecule has 3 aliphatic carbocycles. The van der Waals surface area contributed by atoms with Gasteiger partial charge in [0.1, 0.15) is 0 Å². The van der Waals surface area contributed by atoms with Gasteiger partial charge in [-0.3, -0.25) is 4.79 Å². The van der Waals surface area contributed by atoms with Gasteiger partial charge in [0.25, 0.3) is 0 Å². The monoisotopic (exact) mass is 892 g/mol. The van der Waals surface area contributed by atoms with E-state index in [0.29, 0.717) is 0 Å². The number of carbonyl (C=O) groups is 4. The minimum atomic E-state index is -2.29. The van der Waals surface area contributed by atoms with Crippen LogP contribution in [0, 0.1) is 34.0 Å². The van der Waals surface area contributed by atoms with Crippen LogP contribution in [0.1, 0.15) is 53.9 Å². The second-order valence-electron chi connectivity index (χ2n) is 17.8. The molecule has 59 heavy (non-hydrogen) atoms. The molecule has 1 aromatic rings. The fourth-order valence-electron chi connectivity index (χ4n) is 13.5. The molecule has 0 radical (unpaired) electrons. The number of fused-ring (bicyclic) bond motifs is 11. The number of benzene rings is 1. The molecule has 5 saturated heterocycles. The van der Waals surface area contributed by atoms with Gasteiger partial charge in [-0.25, -0.2) is 4.79 Å². The van der Waals surface area contributed by atoms with Crippen molar-refractivity contribution in [3.05, 3.63) is 42.0 Å². The maximum absolute atomic E-state index is 14.5. The van der Waals surface area contributed by atoms with E-state index in [1.165, 1.54) is 28.3 Å². The minimum absolute atomic E-state index is 0.171. The van der Waals surface area contributed by atoms with Crippen LogP contribution >= 0.6 is 0 Å². The number of hydrogen-bond acceptors (Lipinski definition) is 16. The molecule has 16 nitrogen and oxygen atoms in total. The standard InChI is InChI=1S/C42H52O16Se/c1-9-20(2)31(44)55-24-16-25(54-21(3)43)39(33(45)49-6)18-52-28-29(39)38(24)19-53-41(51-8,34(46)50-7)32(38)36(4)30(28)58-37(5)23-15-26(42(36,37)48)56-35-40(23,47)17-27(57-35)59-22-13-11-10-12-14-22/h9-14,23-30,32,35,47-48H,15-19H2,1-8H3/b20-9+/t23-,24+,25-,26+,27?,28-,29-,30-,32+,35-,36-,37+,38+,39+,40+,41+,42+/m1/s1. The van der Waals surface area contributed by atoms with Crippen LogP contribution in [-0.4, -0.2) is 148 Å². The Kier molecular flexibility index (Phi) is 9.48. The summed E-state index contributed by atoms with van der Waals surface area (Å²) in [5.41, 5.74) is -10.0. The first-order valence-corrected chi connectivity index (χ1v) is 21.9. The second kappa shape index (κ2) is 13.5. The van der Waals surface area contributed by atoms with Crippen molar-refractivity contribution >= 4 is 43.3 Å². The molecule has 322 valence electrons. The topological polar surface area (TPSA) is 201 Å². The zero-order valence-electron chi connectivity index (χ0n) is 34.3. The number of ether oxygens (including phenoxy) is 10. The molecular weight excluding hydrogens is 839 g/mol. The summed E-state index contributed by atoms with van der Waals surface area (Å²) in [5.74, 6) is -8.57. The Labute approximate surface area is 347 Å². The van der Waals surface area contributed by atoms with Crippen molar-refractivity contribution in [1.29, 1.82) is 0 Å². The van der Waals surface area contributed by atoms with E-state index in [0.717, 1.165) is 4.46 Å². The van der Waals surface area contributed by atoms with Crippen molar-refractivity contribution in [2.75, 3.05) is 34.5 Å². The van der Waals surface area contributed by atoms with E-state index in [9.17, 15) is 29.4 Å². The van der Waals surface area contributed by atoms with Gasteiger partial charge in [0.2, 0.25) is 0 Å². The van der Waals surface area contributed by atoms with Gasteiger partial charge in [-0.15, -0.1) is 0 Å². The molecule has 1 aromatic carbocycles. The molecule has 5 aliphatic heterocycles. The van der Waals surface area contributed by atoms with Crippen LogP contribution in [0.2, 0.25) is 0 Å². The summed E-state index contributed by atoms with van der Waals surface area (Å²) in [6.45, 7) is 7.33. The molecule has 2 bridgehead atoms. The molecule has 0 aromatic heterocycles. The molecule has 8 aliphatic rings. The third-order valence-electron chi connectivity index (χ3n) is 15.8. The van der Waals surface area contributed by atoms with Gasteiger partial charge < -0.3 is 0 Å². The number of esters is 4. The predicted molar refractivity (Wildman–Crippen MR) is 200 cm³/mol. The molecule has 5 heterocycles. The first kappa shape index (κ1) is 41.4. The Morgan fingerprint density at radius 2 is 1.63 bits per heavy atom. The Hall–Kier alpha value is -2.96. The zero-order valence-corrected chi connectivity index (χ0v) is 36.0. The number of hydrogen-bond donors (Lipinski definition) is 2. The van der Waals surface area contributed by atoms with Crippen LogP contribution in [-0.2, 0) is 66.5 Å². The summed E-state index contributed by atoms with van der Waals surface area (Å²) in [7, 11) is 3.69. The van der Waals surface area contributed by atoms with Gasteiger partial charge in [0.15, 0.2) is 0 Å². The third-order valence-corrected chi connectivity index (χ3v) is 18.1. The van der Waals surface area contributed by atoms with Crippen LogP contribution in [0.4, 0.5) is 0 Å². The van der Waals surface area contributed by atoms with Gasteiger partial charge in [-0.1, -0.05) is 6.08 Å². The van der Waals surface area contributed by atoms with Gasteiger partial charge in [0.05, 0.1) is 7.11 Å². The van der Waals surface area contributed by atoms with Crippen molar-refractivity contribution < 1.29 is 76.8 Å². The van der Waals surface area contributed by atoms with Gasteiger partial charge >= 0.3 is 300 Å². The van der Waals surface area contributed by atoms with Crippen molar-refractivity contribution in [3.63, 3.8) is 0 Å². The number of aliphatic hydroxyl groups is 2. The van der Waals surface area contributed by atoms with Crippen LogP contribution in [0.3, 0.4) is 0 Å². The van der Waals surface area contributed by atoms with E-state index in [1.807, 2.05) is 30.3 Å². The molecule has 0 amide bonds.